The van der Waals surface area contributed by atoms with E-state index in [1.165, 1.54) is 6.08 Å². The van der Waals surface area contributed by atoms with Gasteiger partial charge in [0.2, 0.25) is 0 Å². The fourth-order valence-corrected chi connectivity index (χ4v) is 1.08. The van der Waals surface area contributed by atoms with Crippen molar-refractivity contribution in [2.45, 2.75) is 32.3 Å². The molecule has 4 nitrogen and oxygen atoms in total. The maximum absolute atomic E-state index is 11.1. The van der Waals surface area contributed by atoms with E-state index in [9.17, 15) is 9.59 Å². The quantitative estimate of drug-likeness (QED) is 0.492. The molecule has 0 aliphatic carbocycles. The molecular weight excluding hydrogens is 184 g/mol. The van der Waals surface area contributed by atoms with Crippen molar-refractivity contribution in [2.75, 3.05) is 6.61 Å². The fourth-order valence-electron chi connectivity index (χ4n) is 1.08. The molecule has 0 aromatic rings. The fraction of sp³-hybridized carbons (Fsp3) is 0.600. The van der Waals surface area contributed by atoms with Crippen molar-refractivity contribution < 1.29 is 19.1 Å². The van der Waals surface area contributed by atoms with Crippen molar-refractivity contribution in [1.82, 2.24) is 0 Å². The van der Waals surface area contributed by atoms with Gasteiger partial charge in [-0.2, -0.15) is 0 Å². The van der Waals surface area contributed by atoms with E-state index in [2.05, 4.69) is 0 Å². The molecule has 78 valence electrons. The van der Waals surface area contributed by atoms with Crippen LogP contribution in [0.2, 0.25) is 0 Å². The molecule has 0 spiro atoms. The standard InChI is InChI=1S/C10H14O4/c1-2-3-6-13-10(12)7-8-4-5-9(11)14-8/h4-5,8H,2-3,6-7H2,1H3. The number of carbonyl (C=O) groups is 2. The van der Waals surface area contributed by atoms with Crippen molar-refractivity contribution in [2.24, 2.45) is 0 Å². The second-order valence-corrected chi connectivity index (χ2v) is 3.11. The zero-order valence-electron chi connectivity index (χ0n) is 8.19. The molecule has 4 heteroatoms. The predicted molar refractivity (Wildman–Crippen MR) is 49.5 cm³/mol. The lowest BCUT2D eigenvalue weighted by molar-refractivity contribution is -0.148. The van der Waals surface area contributed by atoms with Crippen LogP contribution in [0.3, 0.4) is 0 Å². The summed E-state index contributed by atoms with van der Waals surface area (Å²) in [6, 6.07) is 0. The summed E-state index contributed by atoms with van der Waals surface area (Å²) in [5, 5.41) is 0. The van der Waals surface area contributed by atoms with Crippen LogP contribution in [-0.4, -0.2) is 24.6 Å². The first-order valence-electron chi connectivity index (χ1n) is 4.77. The molecule has 1 aliphatic rings. The van der Waals surface area contributed by atoms with Crippen LogP contribution in [0.5, 0.6) is 0 Å². The van der Waals surface area contributed by atoms with Gasteiger partial charge >= 0.3 is 11.9 Å². The lowest BCUT2D eigenvalue weighted by Gasteiger charge is -2.07. The number of rotatable bonds is 5. The molecule has 1 aliphatic heterocycles. The van der Waals surface area contributed by atoms with E-state index in [0.29, 0.717) is 6.61 Å². The summed E-state index contributed by atoms with van der Waals surface area (Å²) < 4.78 is 9.70. The molecule has 1 atom stereocenters. The average Bonchev–Trinajstić information content (AvgIpc) is 2.52. The molecule has 0 saturated carbocycles. The summed E-state index contributed by atoms with van der Waals surface area (Å²) in [6.45, 7) is 2.47. The van der Waals surface area contributed by atoms with Gasteiger partial charge in [0.05, 0.1) is 13.0 Å². The Morgan fingerprint density at radius 3 is 3.00 bits per heavy atom. The molecule has 0 radical (unpaired) electrons. The molecule has 1 rings (SSSR count). The van der Waals surface area contributed by atoms with Crippen LogP contribution in [0.4, 0.5) is 0 Å². The third kappa shape index (κ3) is 3.60. The van der Waals surface area contributed by atoms with E-state index in [4.69, 9.17) is 9.47 Å². The monoisotopic (exact) mass is 198 g/mol. The molecule has 0 fully saturated rings. The second kappa shape index (κ2) is 5.42. The first-order valence-corrected chi connectivity index (χ1v) is 4.77. The molecule has 0 aromatic heterocycles. The first kappa shape index (κ1) is 10.8. The first-order chi connectivity index (χ1) is 6.72. The van der Waals surface area contributed by atoms with Crippen molar-refractivity contribution >= 4 is 11.9 Å². The third-order valence-electron chi connectivity index (χ3n) is 1.84. The topological polar surface area (TPSA) is 52.6 Å². The molecule has 1 heterocycles. The van der Waals surface area contributed by atoms with Gasteiger partial charge in [0.1, 0.15) is 6.10 Å². The lowest BCUT2D eigenvalue weighted by Crippen LogP contribution is -2.16. The van der Waals surface area contributed by atoms with Crippen LogP contribution >= 0.6 is 0 Å². The normalized spacial score (nSPS) is 19.5. The average molecular weight is 198 g/mol. The highest BCUT2D eigenvalue weighted by Gasteiger charge is 2.20. The van der Waals surface area contributed by atoms with E-state index < -0.39 is 12.1 Å². The number of hydrogen-bond donors (Lipinski definition) is 0. The van der Waals surface area contributed by atoms with Gasteiger partial charge in [0.15, 0.2) is 0 Å². The Balaban J connectivity index is 2.14. The minimum absolute atomic E-state index is 0.117. The summed E-state index contributed by atoms with van der Waals surface area (Å²) in [4.78, 5) is 21.8. The highest BCUT2D eigenvalue weighted by molar-refractivity contribution is 5.85. The SMILES string of the molecule is CCCCOC(=O)CC1C=CC(=O)O1. The summed E-state index contributed by atoms with van der Waals surface area (Å²) in [6.07, 6.45) is 4.44. The Bertz CT molecular complexity index is 245. The summed E-state index contributed by atoms with van der Waals surface area (Å²) >= 11 is 0. The van der Waals surface area contributed by atoms with Gasteiger partial charge in [-0.15, -0.1) is 0 Å². The van der Waals surface area contributed by atoms with E-state index >= 15 is 0 Å². The lowest BCUT2D eigenvalue weighted by atomic mass is 10.2. The largest absolute Gasteiger partial charge is 0.466 e. The summed E-state index contributed by atoms with van der Waals surface area (Å²) in [5.41, 5.74) is 0. The molecule has 0 bridgehead atoms. The highest BCUT2D eigenvalue weighted by atomic mass is 16.6. The summed E-state index contributed by atoms with van der Waals surface area (Å²) in [5.74, 6) is -0.709. The van der Waals surface area contributed by atoms with Gasteiger partial charge in [-0.3, -0.25) is 4.79 Å². The smallest absolute Gasteiger partial charge is 0.331 e. The number of ether oxygens (including phenoxy) is 2. The molecule has 0 aromatic carbocycles. The van der Waals surface area contributed by atoms with Crippen molar-refractivity contribution in [3.05, 3.63) is 12.2 Å². The van der Waals surface area contributed by atoms with Gasteiger partial charge < -0.3 is 9.47 Å². The minimum atomic E-state index is -0.434. The molecule has 0 N–H and O–H groups in total. The molecular formula is C10H14O4. The number of hydrogen-bond acceptors (Lipinski definition) is 4. The van der Waals surface area contributed by atoms with E-state index in [1.54, 1.807) is 6.08 Å². The summed E-state index contributed by atoms with van der Waals surface area (Å²) in [7, 11) is 0. The van der Waals surface area contributed by atoms with Crippen molar-refractivity contribution in [3.63, 3.8) is 0 Å². The predicted octanol–water partition coefficient (Wildman–Crippen LogP) is 1.20. The molecule has 1 unspecified atom stereocenters. The van der Waals surface area contributed by atoms with Gasteiger partial charge in [0, 0.05) is 6.08 Å². The Hall–Kier alpha value is -1.32. The van der Waals surface area contributed by atoms with Crippen molar-refractivity contribution in [1.29, 1.82) is 0 Å². The Morgan fingerprint density at radius 1 is 1.64 bits per heavy atom. The zero-order valence-corrected chi connectivity index (χ0v) is 8.19. The zero-order chi connectivity index (χ0) is 10.4. The van der Waals surface area contributed by atoms with Crippen LogP contribution in [0.15, 0.2) is 12.2 Å². The van der Waals surface area contributed by atoms with Gasteiger partial charge in [-0.1, -0.05) is 13.3 Å². The van der Waals surface area contributed by atoms with E-state index in [0.717, 1.165) is 12.8 Å². The maximum atomic E-state index is 11.1. The van der Waals surface area contributed by atoms with Crippen LogP contribution in [0, 0.1) is 0 Å². The highest BCUT2D eigenvalue weighted by Crippen LogP contribution is 2.09. The Kier molecular flexibility index (Phi) is 4.16. The number of esters is 2. The Morgan fingerprint density at radius 2 is 2.43 bits per heavy atom. The second-order valence-electron chi connectivity index (χ2n) is 3.11. The molecule has 0 amide bonds. The molecule has 0 saturated heterocycles. The van der Waals surface area contributed by atoms with Crippen LogP contribution in [-0.2, 0) is 19.1 Å². The van der Waals surface area contributed by atoms with Gasteiger partial charge in [0.25, 0.3) is 0 Å². The minimum Gasteiger partial charge on any atom is -0.466 e. The Labute approximate surface area is 82.9 Å². The number of cyclic esters (lactones) is 1. The number of carbonyl (C=O) groups excluding carboxylic acids is 2. The van der Waals surface area contributed by atoms with Crippen LogP contribution < -0.4 is 0 Å². The number of unbranched alkanes of at least 4 members (excludes halogenated alkanes) is 1. The van der Waals surface area contributed by atoms with Gasteiger partial charge in [-0.05, 0) is 12.5 Å². The van der Waals surface area contributed by atoms with E-state index in [-0.39, 0.29) is 12.4 Å². The third-order valence-corrected chi connectivity index (χ3v) is 1.84. The van der Waals surface area contributed by atoms with Crippen LogP contribution in [0.1, 0.15) is 26.2 Å². The van der Waals surface area contributed by atoms with Gasteiger partial charge in [-0.25, -0.2) is 4.79 Å². The maximum Gasteiger partial charge on any atom is 0.331 e. The van der Waals surface area contributed by atoms with Crippen molar-refractivity contribution in [3.8, 4) is 0 Å². The van der Waals surface area contributed by atoms with E-state index in [1.807, 2.05) is 6.92 Å². The van der Waals surface area contributed by atoms with Crippen LogP contribution in [0.25, 0.3) is 0 Å². The molecule has 14 heavy (non-hydrogen) atoms.